The molecule has 7 nitrogen and oxygen atoms in total. The van der Waals surface area contributed by atoms with Gasteiger partial charge in [-0.05, 0) is 0 Å². The molecule has 1 unspecified atom stereocenters. The van der Waals surface area contributed by atoms with Gasteiger partial charge in [-0.15, -0.1) is 0 Å². The Morgan fingerprint density at radius 1 is 0.842 bits per heavy atom. The second-order valence-corrected chi connectivity index (χ2v) is 4.50. The minimum absolute atomic E-state index is 0.0259. The Morgan fingerprint density at radius 3 is 2.05 bits per heavy atom. The van der Waals surface area contributed by atoms with Crippen molar-refractivity contribution in [2.45, 2.75) is 44.3 Å². The largest absolute Gasteiger partial charge is 0.510 e. The van der Waals surface area contributed by atoms with Crippen LogP contribution in [0.25, 0.3) is 0 Å². The molecule has 0 spiro atoms. The molecule has 19 heavy (non-hydrogen) atoms. The molecule has 0 heterocycles. The van der Waals surface area contributed by atoms with Crippen molar-refractivity contribution in [2.24, 2.45) is 0 Å². The van der Waals surface area contributed by atoms with Crippen molar-refractivity contribution in [3.63, 3.8) is 0 Å². The van der Waals surface area contributed by atoms with E-state index in [0.717, 1.165) is 0 Å². The maximum atomic E-state index is 11.4. The highest BCUT2D eigenvalue weighted by Gasteiger charge is 2.38. The lowest BCUT2D eigenvalue weighted by Crippen LogP contribution is -2.36. The predicted octanol–water partition coefficient (Wildman–Crippen LogP) is 0.131. The van der Waals surface area contributed by atoms with Crippen LogP contribution in [0.15, 0.2) is 0 Å². The lowest BCUT2D eigenvalue weighted by atomic mass is 9.95. The summed E-state index contributed by atoms with van der Waals surface area (Å²) in [6.45, 7) is 0. The maximum Gasteiger partial charge on any atom is 0.510 e. The van der Waals surface area contributed by atoms with Gasteiger partial charge in [0.2, 0.25) is 6.10 Å². The third-order valence-corrected chi connectivity index (χ3v) is 3.08. The molecule has 7 heteroatoms. The van der Waals surface area contributed by atoms with Gasteiger partial charge in [0.15, 0.2) is 23.5 Å². The van der Waals surface area contributed by atoms with Crippen molar-refractivity contribution in [1.82, 2.24) is 0 Å². The fourth-order valence-electron chi connectivity index (χ4n) is 2.01. The number of rotatable bonds is 2. The topological polar surface area (TPSA) is 104 Å². The van der Waals surface area contributed by atoms with E-state index in [-0.39, 0.29) is 43.7 Å². The van der Waals surface area contributed by atoms with Crippen LogP contribution in [0, 0.1) is 0 Å². The summed E-state index contributed by atoms with van der Waals surface area (Å²) in [5, 5.41) is 0. The van der Waals surface area contributed by atoms with E-state index in [1.807, 2.05) is 0 Å². The van der Waals surface area contributed by atoms with Gasteiger partial charge >= 0.3 is 6.16 Å². The average Bonchev–Trinajstić information content (AvgIpc) is 2.65. The van der Waals surface area contributed by atoms with Gasteiger partial charge in [-0.3, -0.25) is 19.2 Å². The highest BCUT2D eigenvalue weighted by Crippen LogP contribution is 2.18. The first-order valence-electron chi connectivity index (χ1n) is 5.94. The zero-order valence-electron chi connectivity index (χ0n) is 10.0. The van der Waals surface area contributed by atoms with Crippen molar-refractivity contribution >= 4 is 29.3 Å². The molecule has 0 bridgehead atoms. The zero-order chi connectivity index (χ0) is 14.0. The summed E-state index contributed by atoms with van der Waals surface area (Å²) < 4.78 is 9.30. The molecule has 0 aromatic heterocycles. The summed E-state index contributed by atoms with van der Waals surface area (Å²) in [6.07, 6.45) is -3.79. The summed E-state index contributed by atoms with van der Waals surface area (Å²) in [6, 6.07) is 0. The molecule has 0 N–H and O–H groups in total. The molecular weight excluding hydrogens is 256 g/mol. The standard InChI is InChI=1S/C12H12O7/c13-6-1-2-7(14)10(5-6)18-12(17)19-11-8(15)3-4-9(11)16/h10-11H,1-5H2. The molecule has 2 aliphatic rings. The van der Waals surface area contributed by atoms with Gasteiger partial charge in [0.05, 0.1) is 6.42 Å². The Labute approximate surface area is 108 Å². The van der Waals surface area contributed by atoms with Gasteiger partial charge in [0.25, 0.3) is 0 Å². The van der Waals surface area contributed by atoms with E-state index in [1.165, 1.54) is 0 Å². The summed E-state index contributed by atoms with van der Waals surface area (Å²) in [4.78, 5) is 56.5. The average molecular weight is 268 g/mol. The van der Waals surface area contributed by atoms with Crippen molar-refractivity contribution < 1.29 is 33.4 Å². The Bertz CT molecular complexity index is 449. The molecule has 0 radical (unpaired) electrons. The van der Waals surface area contributed by atoms with Gasteiger partial charge in [0.1, 0.15) is 5.78 Å². The smallest absolute Gasteiger partial charge is 0.422 e. The number of hydrogen-bond acceptors (Lipinski definition) is 7. The molecule has 0 aromatic carbocycles. The summed E-state index contributed by atoms with van der Waals surface area (Å²) in [5.74, 6) is -1.49. The van der Waals surface area contributed by atoms with Gasteiger partial charge in [0, 0.05) is 25.7 Å². The number of ether oxygens (including phenoxy) is 2. The fraction of sp³-hybridized carbons (Fsp3) is 0.583. The van der Waals surface area contributed by atoms with E-state index in [4.69, 9.17) is 4.74 Å². The number of hydrogen-bond donors (Lipinski definition) is 0. The van der Waals surface area contributed by atoms with Crippen molar-refractivity contribution in [2.75, 3.05) is 0 Å². The van der Waals surface area contributed by atoms with Crippen LogP contribution in [0.3, 0.4) is 0 Å². The Morgan fingerprint density at radius 2 is 1.42 bits per heavy atom. The number of Topliss-reactive ketones (excluding diaryl/α,β-unsaturated/α-hetero) is 4. The van der Waals surface area contributed by atoms with Crippen molar-refractivity contribution in [3.8, 4) is 0 Å². The van der Waals surface area contributed by atoms with Crippen molar-refractivity contribution in [3.05, 3.63) is 0 Å². The number of carbonyl (C=O) groups is 5. The Hall–Kier alpha value is -2.05. The van der Waals surface area contributed by atoms with Gasteiger partial charge in [-0.1, -0.05) is 0 Å². The van der Waals surface area contributed by atoms with E-state index in [1.54, 1.807) is 0 Å². The fourth-order valence-corrected chi connectivity index (χ4v) is 2.01. The van der Waals surface area contributed by atoms with Gasteiger partial charge < -0.3 is 9.47 Å². The molecule has 0 saturated heterocycles. The van der Waals surface area contributed by atoms with Gasteiger partial charge in [-0.2, -0.15) is 0 Å². The first-order valence-corrected chi connectivity index (χ1v) is 5.94. The van der Waals surface area contributed by atoms with E-state index in [2.05, 4.69) is 4.74 Å². The maximum absolute atomic E-state index is 11.4. The molecule has 2 saturated carbocycles. The Balaban J connectivity index is 1.90. The normalized spacial score (nSPS) is 24.7. The summed E-state index contributed by atoms with van der Waals surface area (Å²) >= 11 is 0. The zero-order valence-corrected chi connectivity index (χ0v) is 10.0. The quantitative estimate of drug-likeness (QED) is 0.517. The lowest BCUT2D eigenvalue weighted by Gasteiger charge is -2.20. The first kappa shape index (κ1) is 13.4. The first-order chi connectivity index (χ1) is 8.97. The van der Waals surface area contributed by atoms with E-state index in [9.17, 15) is 24.0 Å². The number of carbonyl (C=O) groups excluding carboxylic acids is 5. The lowest BCUT2D eigenvalue weighted by molar-refractivity contribution is -0.141. The molecule has 0 aromatic rings. The highest BCUT2D eigenvalue weighted by molar-refractivity contribution is 6.12. The van der Waals surface area contributed by atoms with Gasteiger partial charge in [-0.25, -0.2) is 4.79 Å². The molecule has 2 aliphatic carbocycles. The molecule has 0 aliphatic heterocycles. The van der Waals surface area contributed by atoms with E-state index < -0.39 is 29.9 Å². The van der Waals surface area contributed by atoms with Crippen LogP contribution in [0.4, 0.5) is 4.79 Å². The van der Waals surface area contributed by atoms with Crippen LogP contribution in [0.5, 0.6) is 0 Å². The SMILES string of the molecule is O=C1CCC(=O)C(OC(=O)OC2C(=O)CCC2=O)C1. The van der Waals surface area contributed by atoms with E-state index >= 15 is 0 Å². The second kappa shape index (κ2) is 5.29. The number of ketones is 4. The summed E-state index contributed by atoms with van der Waals surface area (Å²) in [5.41, 5.74) is 0. The molecule has 0 amide bonds. The molecular formula is C12H12O7. The van der Waals surface area contributed by atoms with E-state index in [0.29, 0.717) is 0 Å². The third-order valence-electron chi connectivity index (χ3n) is 3.08. The molecule has 1 atom stereocenters. The monoisotopic (exact) mass is 268 g/mol. The Kier molecular flexibility index (Phi) is 3.73. The minimum Gasteiger partial charge on any atom is -0.422 e. The van der Waals surface area contributed by atoms with Crippen LogP contribution in [0.1, 0.15) is 32.1 Å². The molecule has 2 rings (SSSR count). The van der Waals surface area contributed by atoms with Crippen molar-refractivity contribution in [1.29, 1.82) is 0 Å². The molecule has 2 fully saturated rings. The second-order valence-electron chi connectivity index (χ2n) is 4.50. The van der Waals surface area contributed by atoms with Crippen LogP contribution < -0.4 is 0 Å². The van der Waals surface area contributed by atoms with Crippen LogP contribution in [-0.4, -0.2) is 41.5 Å². The predicted molar refractivity (Wildman–Crippen MR) is 58.3 cm³/mol. The third kappa shape index (κ3) is 3.04. The summed E-state index contributed by atoms with van der Waals surface area (Å²) in [7, 11) is 0. The minimum atomic E-state index is -1.43. The van der Waals surface area contributed by atoms with Crippen LogP contribution in [-0.2, 0) is 28.7 Å². The highest BCUT2D eigenvalue weighted by atomic mass is 16.7. The molecule has 102 valence electrons. The van der Waals surface area contributed by atoms with Crippen LogP contribution >= 0.6 is 0 Å². The van der Waals surface area contributed by atoms with Crippen LogP contribution in [0.2, 0.25) is 0 Å².